The van der Waals surface area contributed by atoms with E-state index in [4.69, 9.17) is 16.3 Å². The summed E-state index contributed by atoms with van der Waals surface area (Å²) >= 11 is 5.94. The number of anilines is 1. The first kappa shape index (κ1) is 21.3. The number of nitrogens with zero attached hydrogens (tertiary/aromatic N) is 2. The minimum atomic E-state index is -0.362. The Morgan fingerprint density at radius 3 is 2.53 bits per heavy atom. The lowest BCUT2D eigenvalue weighted by molar-refractivity contribution is 0.102. The predicted octanol–water partition coefficient (Wildman–Crippen LogP) is 4.86. The van der Waals surface area contributed by atoms with Crippen LogP contribution >= 0.6 is 11.6 Å². The van der Waals surface area contributed by atoms with E-state index in [0.29, 0.717) is 27.5 Å². The van der Waals surface area contributed by atoms with Crippen LogP contribution in [-0.2, 0) is 6.61 Å². The van der Waals surface area contributed by atoms with Crippen LogP contribution in [0.2, 0.25) is 5.02 Å². The molecule has 8 heteroatoms. The first-order valence-corrected chi connectivity index (χ1v) is 10.0. The van der Waals surface area contributed by atoms with E-state index >= 15 is 0 Å². The van der Waals surface area contributed by atoms with Gasteiger partial charge < -0.3 is 10.1 Å². The summed E-state index contributed by atoms with van der Waals surface area (Å²) in [5.74, 6) is -0.466. The molecule has 4 rings (SSSR count). The van der Waals surface area contributed by atoms with Gasteiger partial charge in [-0.3, -0.25) is 9.59 Å². The molecule has 0 saturated carbocycles. The number of hydrogen-bond donors (Lipinski definition) is 1. The van der Waals surface area contributed by atoms with E-state index in [1.807, 2.05) is 0 Å². The zero-order chi connectivity index (χ0) is 22.5. The Morgan fingerprint density at radius 1 is 1.00 bits per heavy atom. The van der Waals surface area contributed by atoms with E-state index in [0.717, 1.165) is 0 Å². The lowest BCUT2D eigenvalue weighted by atomic mass is 10.2. The molecule has 0 spiro atoms. The number of nitrogens with one attached hydrogen (secondary N) is 1. The van der Waals surface area contributed by atoms with Crippen LogP contribution in [0.3, 0.4) is 0 Å². The standard InChI is InChI=1S/C24H17ClFN3O3/c25-18-4-2-6-20(14-18)27-24(31)17-7-9-21(10-8-17)29-23(30)12-11-22(28-29)32-15-16-3-1-5-19(26)13-16/h1-14H,15H2,(H,27,31). The highest BCUT2D eigenvalue weighted by Gasteiger charge is 2.09. The molecule has 160 valence electrons. The van der Waals surface area contributed by atoms with Crippen LogP contribution in [0.5, 0.6) is 5.88 Å². The number of benzene rings is 3. The van der Waals surface area contributed by atoms with Crippen molar-refractivity contribution in [1.82, 2.24) is 9.78 Å². The third kappa shape index (κ3) is 5.19. The van der Waals surface area contributed by atoms with Crippen LogP contribution in [0, 0.1) is 5.82 Å². The lowest BCUT2D eigenvalue weighted by Crippen LogP contribution is -2.20. The normalized spacial score (nSPS) is 10.6. The monoisotopic (exact) mass is 449 g/mol. The molecule has 6 nitrogen and oxygen atoms in total. The predicted molar refractivity (Wildman–Crippen MR) is 120 cm³/mol. The van der Waals surface area contributed by atoms with Crippen molar-refractivity contribution >= 4 is 23.2 Å². The molecule has 1 aromatic heterocycles. The van der Waals surface area contributed by atoms with Gasteiger partial charge in [0.15, 0.2) is 0 Å². The molecule has 0 fully saturated rings. The summed E-state index contributed by atoms with van der Waals surface area (Å²) in [6.45, 7) is 0.103. The maximum absolute atomic E-state index is 13.3. The smallest absolute Gasteiger partial charge is 0.271 e. The van der Waals surface area contributed by atoms with Crippen LogP contribution in [0.1, 0.15) is 15.9 Å². The van der Waals surface area contributed by atoms with Crippen LogP contribution < -0.4 is 15.6 Å². The molecular weight excluding hydrogens is 433 g/mol. The van der Waals surface area contributed by atoms with Gasteiger partial charge in [-0.15, -0.1) is 5.10 Å². The average molecular weight is 450 g/mol. The second-order valence-corrected chi connectivity index (χ2v) is 7.29. The molecule has 0 unspecified atom stereocenters. The van der Waals surface area contributed by atoms with Crippen LogP contribution in [0.4, 0.5) is 10.1 Å². The summed E-state index contributed by atoms with van der Waals surface area (Å²) in [6.07, 6.45) is 0. The number of carbonyl (C=O) groups excluding carboxylic acids is 1. The molecule has 1 N–H and O–H groups in total. The van der Waals surface area contributed by atoms with Crippen LogP contribution in [0.15, 0.2) is 89.7 Å². The Morgan fingerprint density at radius 2 is 1.78 bits per heavy atom. The van der Waals surface area contributed by atoms with Crippen LogP contribution in [-0.4, -0.2) is 15.7 Å². The van der Waals surface area contributed by atoms with E-state index in [2.05, 4.69) is 10.4 Å². The lowest BCUT2D eigenvalue weighted by Gasteiger charge is -2.10. The van der Waals surface area contributed by atoms with Gasteiger partial charge in [0.2, 0.25) is 5.88 Å². The molecule has 0 saturated heterocycles. The van der Waals surface area contributed by atoms with Gasteiger partial charge in [-0.1, -0.05) is 29.8 Å². The SMILES string of the molecule is O=C(Nc1cccc(Cl)c1)c1ccc(-n2nc(OCc3cccc(F)c3)ccc2=O)cc1. The van der Waals surface area contributed by atoms with Gasteiger partial charge in [0.05, 0.1) is 5.69 Å². The Kier molecular flexibility index (Phi) is 6.28. The van der Waals surface area contributed by atoms with Crippen molar-refractivity contribution < 1.29 is 13.9 Å². The molecule has 4 aromatic rings. The topological polar surface area (TPSA) is 73.2 Å². The maximum atomic E-state index is 13.3. The fourth-order valence-corrected chi connectivity index (χ4v) is 3.15. The Bertz CT molecular complexity index is 1320. The number of carbonyl (C=O) groups is 1. The van der Waals surface area contributed by atoms with E-state index < -0.39 is 0 Å². The van der Waals surface area contributed by atoms with E-state index in [9.17, 15) is 14.0 Å². The first-order valence-electron chi connectivity index (χ1n) is 9.63. The average Bonchev–Trinajstić information content (AvgIpc) is 2.79. The second-order valence-electron chi connectivity index (χ2n) is 6.85. The van der Waals surface area contributed by atoms with Gasteiger partial charge in [-0.2, -0.15) is 4.68 Å². The fraction of sp³-hybridized carbons (Fsp3) is 0.0417. The number of amides is 1. The van der Waals surface area contributed by atoms with Gasteiger partial charge in [0.25, 0.3) is 11.5 Å². The summed E-state index contributed by atoms with van der Waals surface area (Å²) in [5.41, 5.74) is 1.72. The molecule has 0 aliphatic heterocycles. The highest BCUT2D eigenvalue weighted by Crippen LogP contribution is 2.17. The Hall–Kier alpha value is -3.97. The highest BCUT2D eigenvalue weighted by atomic mass is 35.5. The van der Waals surface area contributed by atoms with Crippen molar-refractivity contribution in [3.05, 3.63) is 117 Å². The summed E-state index contributed by atoms with van der Waals surface area (Å²) in [4.78, 5) is 24.7. The van der Waals surface area contributed by atoms with Gasteiger partial charge in [-0.05, 0) is 60.2 Å². The molecule has 0 aliphatic rings. The molecule has 0 bridgehead atoms. The summed E-state index contributed by atoms with van der Waals surface area (Å²) in [6, 6.07) is 22.0. The number of rotatable bonds is 6. The van der Waals surface area contributed by atoms with Gasteiger partial charge in [0, 0.05) is 28.4 Å². The minimum Gasteiger partial charge on any atom is -0.472 e. The van der Waals surface area contributed by atoms with Crippen LogP contribution in [0.25, 0.3) is 5.69 Å². The molecule has 32 heavy (non-hydrogen) atoms. The van der Waals surface area contributed by atoms with E-state index in [-0.39, 0.29) is 29.8 Å². The number of aromatic nitrogens is 2. The molecule has 1 heterocycles. The Labute approximate surface area is 187 Å². The number of hydrogen-bond acceptors (Lipinski definition) is 4. The third-order valence-electron chi connectivity index (χ3n) is 4.51. The zero-order valence-electron chi connectivity index (χ0n) is 16.7. The van der Waals surface area contributed by atoms with Gasteiger partial charge >= 0.3 is 0 Å². The van der Waals surface area contributed by atoms with Crippen molar-refractivity contribution in [2.75, 3.05) is 5.32 Å². The molecular formula is C24H17ClFN3O3. The van der Waals surface area contributed by atoms with Crippen molar-refractivity contribution in [2.24, 2.45) is 0 Å². The molecule has 3 aromatic carbocycles. The number of halogens is 2. The minimum absolute atomic E-state index is 0.103. The molecule has 1 amide bonds. The van der Waals surface area contributed by atoms with Crippen molar-refractivity contribution in [3.8, 4) is 11.6 Å². The fourth-order valence-electron chi connectivity index (χ4n) is 2.96. The molecule has 0 radical (unpaired) electrons. The van der Waals surface area contributed by atoms with Crippen molar-refractivity contribution in [2.45, 2.75) is 6.61 Å². The zero-order valence-corrected chi connectivity index (χ0v) is 17.4. The quantitative estimate of drug-likeness (QED) is 0.456. The van der Waals surface area contributed by atoms with E-state index in [1.54, 1.807) is 60.7 Å². The Balaban J connectivity index is 1.49. The highest BCUT2D eigenvalue weighted by molar-refractivity contribution is 6.30. The largest absolute Gasteiger partial charge is 0.472 e. The second kappa shape index (κ2) is 9.45. The molecule has 0 aliphatic carbocycles. The van der Waals surface area contributed by atoms with Gasteiger partial charge in [0.1, 0.15) is 12.4 Å². The summed E-state index contributed by atoms with van der Waals surface area (Å²) < 4.78 is 20.1. The maximum Gasteiger partial charge on any atom is 0.271 e. The first-order chi connectivity index (χ1) is 15.5. The van der Waals surface area contributed by atoms with Gasteiger partial charge in [-0.25, -0.2) is 4.39 Å². The molecule has 0 atom stereocenters. The summed E-state index contributed by atoms with van der Waals surface area (Å²) in [5, 5.41) is 7.48. The third-order valence-corrected chi connectivity index (χ3v) is 4.74. The van der Waals surface area contributed by atoms with Crippen molar-refractivity contribution in [1.29, 1.82) is 0 Å². The number of ether oxygens (including phenoxy) is 1. The van der Waals surface area contributed by atoms with E-state index in [1.165, 1.54) is 28.9 Å². The van der Waals surface area contributed by atoms with Crippen molar-refractivity contribution in [3.63, 3.8) is 0 Å². The summed E-state index contributed by atoms with van der Waals surface area (Å²) in [7, 11) is 0.